The summed E-state index contributed by atoms with van der Waals surface area (Å²) in [6, 6.07) is 1.53. The average molecular weight is 333 g/mol. The van der Waals surface area contributed by atoms with Gasteiger partial charge >= 0.3 is 5.97 Å². The summed E-state index contributed by atoms with van der Waals surface area (Å²) in [5, 5.41) is 20.0. The van der Waals surface area contributed by atoms with Gasteiger partial charge in [0.05, 0.1) is 6.20 Å². The lowest BCUT2D eigenvalue weighted by Gasteiger charge is -2.29. The van der Waals surface area contributed by atoms with Gasteiger partial charge in [-0.05, 0) is 18.9 Å². The van der Waals surface area contributed by atoms with Crippen molar-refractivity contribution in [1.82, 2.24) is 24.7 Å². The molecule has 1 saturated carbocycles. The molecule has 0 unspecified atom stereocenters. The highest BCUT2D eigenvalue weighted by atomic mass is 16.4. The van der Waals surface area contributed by atoms with Gasteiger partial charge in [0.25, 0.3) is 5.56 Å². The van der Waals surface area contributed by atoms with E-state index in [9.17, 15) is 19.5 Å². The smallest absolute Gasteiger partial charge is 0.329 e. The molecule has 1 aliphatic rings. The van der Waals surface area contributed by atoms with E-state index in [0.717, 1.165) is 30.4 Å². The van der Waals surface area contributed by atoms with Gasteiger partial charge < -0.3 is 10.4 Å². The summed E-state index contributed by atoms with van der Waals surface area (Å²) >= 11 is 0. The number of carbonyl (C=O) groups is 2. The standard InChI is InChI=1S/C15H19N5O4/c21-12(18-15(14(23)24)6-3-1-2-4-7-15)9-19-13(22)11-5-8-16-20(11)10-17-19/h5,8,10H,1-4,6-7,9H2,(H,18,21)(H,23,24). The van der Waals surface area contributed by atoms with Crippen LogP contribution in [0.25, 0.3) is 5.52 Å². The molecule has 0 atom stereocenters. The Morgan fingerprint density at radius 1 is 1.21 bits per heavy atom. The molecule has 0 aliphatic heterocycles. The molecule has 0 bridgehead atoms. The number of carbonyl (C=O) groups excluding carboxylic acids is 1. The van der Waals surface area contributed by atoms with Gasteiger partial charge in [0.1, 0.15) is 23.9 Å². The molecule has 0 saturated heterocycles. The summed E-state index contributed by atoms with van der Waals surface area (Å²) in [6.07, 6.45) is 7.04. The van der Waals surface area contributed by atoms with E-state index in [1.54, 1.807) is 0 Å². The Balaban J connectivity index is 1.79. The molecule has 1 amide bonds. The van der Waals surface area contributed by atoms with Gasteiger partial charge in [-0.25, -0.2) is 14.0 Å². The van der Waals surface area contributed by atoms with Crippen LogP contribution in [0.2, 0.25) is 0 Å². The Bertz CT molecular complexity index is 817. The molecule has 9 heteroatoms. The number of nitrogens with one attached hydrogen (secondary N) is 1. The van der Waals surface area contributed by atoms with Crippen molar-refractivity contribution < 1.29 is 14.7 Å². The topological polar surface area (TPSA) is 119 Å². The van der Waals surface area contributed by atoms with Gasteiger partial charge in [-0.15, -0.1) is 0 Å². The maximum Gasteiger partial charge on any atom is 0.329 e. The minimum Gasteiger partial charge on any atom is -0.480 e. The quantitative estimate of drug-likeness (QED) is 0.771. The van der Waals surface area contributed by atoms with Crippen molar-refractivity contribution in [1.29, 1.82) is 0 Å². The predicted molar refractivity (Wildman–Crippen MR) is 83.5 cm³/mol. The van der Waals surface area contributed by atoms with Crippen molar-refractivity contribution in [2.45, 2.75) is 50.6 Å². The van der Waals surface area contributed by atoms with Crippen molar-refractivity contribution in [2.24, 2.45) is 0 Å². The molecule has 0 aromatic carbocycles. The van der Waals surface area contributed by atoms with Crippen LogP contribution in [0.15, 0.2) is 23.4 Å². The van der Waals surface area contributed by atoms with E-state index in [2.05, 4.69) is 15.5 Å². The Hall–Kier alpha value is -2.71. The Morgan fingerprint density at radius 3 is 2.58 bits per heavy atom. The minimum absolute atomic E-state index is 0.306. The lowest BCUT2D eigenvalue weighted by Crippen LogP contribution is -2.55. The second-order valence-electron chi connectivity index (χ2n) is 6.10. The molecule has 2 heterocycles. The maximum atomic E-state index is 12.3. The highest BCUT2D eigenvalue weighted by Crippen LogP contribution is 2.27. The largest absolute Gasteiger partial charge is 0.480 e. The van der Waals surface area contributed by atoms with E-state index < -0.39 is 23.0 Å². The molecule has 0 spiro atoms. The Labute approximate surface area is 137 Å². The van der Waals surface area contributed by atoms with Gasteiger partial charge in [-0.3, -0.25) is 9.59 Å². The first-order chi connectivity index (χ1) is 11.5. The highest BCUT2D eigenvalue weighted by Gasteiger charge is 2.40. The number of aliphatic carboxylic acids is 1. The number of rotatable bonds is 4. The van der Waals surface area contributed by atoms with Crippen LogP contribution < -0.4 is 10.9 Å². The van der Waals surface area contributed by atoms with E-state index in [1.165, 1.54) is 23.1 Å². The molecule has 9 nitrogen and oxygen atoms in total. The monoisotopic (exact) mass is 333 g/mol. The third-order valence-corrected chi connectivity index (χ3v) is 4.46. The average Bonchev–Trinajstić information content (AvgIpc) is 2.90. The number of aromatic nitrogens is 4. The van der Waals surface area contributed by atoms with Crippen LogP contribution in [0.4, 0.5) is 0 Å². The number of hydrogen-bond acceptors (Lipinski definition) is 5. The van der Waals surface area contributed by atoms with Gasteiger partial charge in [0.15, 0.2) is 0 Å². The van der Waals surface area contributed by atoms with Crippen molar-refractivity contribution in [3.63, 3.8) is 0 Å². The molecule has 128 valence electrons. The maximum absolute atomic E-state index is 12.3. The predicted octanol–water partition coefficient (Wildman–Crippen LogP) is 0.185. The fraction of sp³-hybridized carbons (Fsp3) is 0.533. The van der Waals surface area contributed by atoms with Crippen molar-refractivity contribution in [2.75, 3.05) is 0 Å². The number of nitrogens with zero attached hydrogens (tertiary/aromatic N) is 4. The number of fused-ring (bicyclic) bond motifs is 1. The molecule has 24 heavy (non-hydrogen) atoms. The summed E-state index contributed by atoms with van der Waals surface area (Å²) in [4.78, 5) is 36.3. The van der Waals surface area contributed by atoms with Gasteiger partial charge in [0.2, 0.25) is 5.91 Å². The molecule has 1 aliphatic carbocycles. The third-order valence-electron chi connectivity index (χ3n) is 4.46. The fourth-order valence-corrected chi connectivity index (χ4v) is 3.15. The molecule has 2 aromatic heterocycles. The summed E-state index contributed by atoms with van der Waals surface area (Å²) < 4.78 is 2.33. The first kappa shape index (κ1) is 16.2. The zero-order valence-electron chi connectivity index (χ0n) is 13.1. The van der Waals surface area contributed by atoms with Crippen molar-refractivity contribution in [3.05, 3.63) is 28.9 Å². The van der Waals surface area contributed by atoms with Crippen LogP contribution in [-0.4, -0.2) is 41.9 Å². The van der Waals surface area contributed by atoms with E-state index >= 15 is 0 Å². The Morgan fingerprint density at radius 2 is 1.92 bits per heavy atom. The molecular formula is C15H19N5O4. The lowest BCUT2D eigenvalue weighted by molar-refractivity contribution is -0.148. The second kappa shape index (κ2) is 6.42. The summed E-state index contributed by atoms with van der Waals surface area (Å²) in [5.74, 6) is -1.55. The molecule has 3 rings (SSSR count). The van der Waals surface area contributed by atoms with E-state index in [1.807, 2.05) is 0 Å². The zero-order chi connectivity index (χ0) is 17.2. The molecule has 2 aromatic rings. The van der Waals surface area contributed by atoms with Crippen LogP contribution in [0, 0.1) is 0 Å². The summed E-state index contributed by atoms with van der Waals surface area (Å²) in [7, 11) is 0. The number of carboxylic acids is 1. The number of amides is 1. The SMILES string of the molecule is O=C(Cn1ncn2nccc2c1=O)NC1(C(=O)O)CCCCCC1. The highest BCUT2D eigenvalue weighted by molar-refractivity contribution is 5.87. The van der Waals surface area contributed by atoms with Crippen LogP contribution in [0.3, 0.4) is 0 Å². The zero-order valence-corrected chi connectivity index (χ0v) is 13.1. The molecule has 1 fully saturated rings. The van der Waals surface area contributed by atoms with E-state index in [-0.39, 0.29) is 6.54 Å². The summed E-state index contributed by atoms with van der Waals surface area (Å²) in [5.41, 5.74) is -1.40. The molecular weight excluding hydrogens is 314 g/mol. The fourth-order valence-electron chi connectivity index (χ4n) is 3.15. The molecule has 0 radical (unpaired) electrons. The number of hydrogen-bond donors (Lipinski definition) is 2. The van der Waals surface area contributed by atoms with Crippen LogP contribution in [-0.2, 0) is 16.1 Å². The lowest BCUT2D eigenvalue weighted by atomic mass is 9.90. The normalized spacial score (nSPS) is 17.3. The minimum atomic E-state index is -1.25. The van der Waals surface area contributed by atoms with E-state index in [4.69, 9.17) is 0 Å². The van der Waals surface area contributed by atoms with Crippen LogP contribution >= 0.6 is 0 Å². The van der Waals surface area contributed by atoms with Crippen LogP contribution in [0.1, 0.15) is 38.5 Å². The van der Waals surface area contributed by atoms with E-state index in [0.29, 0.717) is 18.4 Å². The van der Waals surface area contributed by atoms with Gasteiger partial charge in [-0.1, -0.05) is 25.7 Å². The van der Waals surface area contributed by atoms with Crippen LogP contribution in [0.5, 0.6) is 0 Å². The molecule has 2 N–H and O–H groups in total. The number of carboxylic acid groups (broad SMARTS) is 1. The van der Waals surface area contributed by atoms with Crippen molar-refractivity contribution >= 4 is 17.4 Å². The van der Waals surface area contributed by atoms with Crippen molar-refractivity contribution in [3.8, 4) is 0 Å². The van der Waals surface area contributed by atoms with Gasteiger partial charge in [-0.2, -0.15) is 10.2 Å². The van der Waals surface area contributed by atoms with Gasteiger partial charge in [0, 0.05) is 0 Å². The Kier molecular flexibility index (Phi) is 4.32. The first-order valence-corrected chi connectivity index (χ1v) is 7.96. The summed E-state index contributed by atoms with van der Waals surface area (Å²) in [6.45, 7) is -0.324. The third kappa shape index (κ3) is 3.01. The second-order valence-corrected chi connectivity index (χ2v) is 6.10. The first-order valence-electron chi connectivity index (χ1n) is 7.96.